The van der Waals surface area contributed by atoms with E-state index in [0.717, 1.165) is 57.8 Å². The van der Waals surface area contributed by atoms with Crippen LogP contribution in [0.5, 0.6) is 0 Å². The normalized spacial score (nSPS) is 14.0. The second-order valence-electron chi connectivity index (χ2n) is 19.2. The number of likely N-dealkylation sites (N-methyl/N-ethyl adjacent to an activating group) is 1. The first-order valence-corrected chi connectivity index (χ1v) is 28.8. The van der Waals surface area contributed by atoms with Crippen molar-refractivity contribution >= 4 is 19.8 Å². The van der Waals surface area contributed by atoms with Gasteiger partial charge in [-0.05, 0) is 83.5 Å². The standard InChI is InChI=1S/C58H102NO8P/c1-6-8-10-12-14-16-18-20-22-24-25-26-27-28-29-30-31-32-33-35-36-38-40-42-44-46-48-50-57(60)64-54-56(55-66-68(62,63)65-53-52-59(3,4)5)67-58(61)51-49-47-45-43-41-39-37-34-23-21-19-17-15-13-11-9-7-2/h9,11,15,17-18,20-21,23-25,37,39,43,45,56H,6-8,10,12-14,16,19,22,26-36,38,40-42,44,46-55H2,1-5H3/p+1/b11-9-,17-15-,20-18-,23-21-,25-24-,39-37-,45-43-. The molecule has 0 rings (SSSR count). The lowest BCUT2D eigenvalue weighted by Gasteiger charge is -2.24. The zero-order chi connectivity index (χ0) is 49.9. The topological polar surface area (TPSA) is 108 Å². The zero-order valence-corrected chi connectivity index (χ0v) is 45.2. The maximum absolute atomic E-state index is 12.7. The van der Waals surface area contributed by atoms with Gasteiger partial charge < -0.3 is 18.9 Å². The lowest BCUT2D eigenvalue weighted by atomic mass is 10.0. The Balaban J connectivity index is 4.21. The highest BCUT2D eigenvalue weighted by Gasteiger charge is 2.27. The Morgan fingerprint density at radius 3 is 1.29 bits per heavy atom. The van der Waals surface area contributed by atoms with Crippen molar-refractivity contribution in [3.63, 3.8) is 0 Å². The fourth-order valence-electron chi connectivity index (χ4n) is 7.20. The fraction of sp³-hybridized carbons (Fsp3) is 0.724. The summed E-state index contributed by atoms with van der Waals surface area (Å²) in [6.45, 7) is 4.24. The van der Waals surface area contributed by atoms with Crippen LogP contribution in [0.2, 0.25) is 0 Å². The number of hydrogen-bond donors (Lipinski definition) is 1. The highest BCUT2D eigenvalue weighted by atomic mass is 31.2. The van der Waals surface area contributed by atoms with Crippen LogP contribution >= 0.6 is 7.82 Å². The van der Waals surface area contributed by atoms with Gasteiger partial charge in [0.25, 0.3) is 0 Å². The van der Waals surface area contributed by atoms with Gasteiger partial charge in [-0.3, -0.25) is 18.6 Å². The Morgan fingerprint density at radius 2 is 0.853 bits per heavy atom. The van der Waals surface area contributed by atoms with E-state index in [1.165, 1.54) is 122 Å². The van der Waals surface area contributed by atoms with Gasteiger partial charge in [0.1, 0.15) is 19.8 Å². The number of phosphoric ester groups is 1. The Bertz CT molecular complexity index is 1420. The summed E-state index contributed by atoms with van der Waals surface area (Å²) in [5.74, 6) is -0.867. The maximum atomic E-state index is 12.7. The van der Waals surface area contributed by atoms with Crippen molar-refractivity contribution < 1.29 is 42.1 Å². The summed E-state index contributed by atoms with van der Waals surface area (Å²) in [7, 11) is 1.43. The molecule has 0 spiro atoms. The van der Waals surface area contributed by atoms with E-state index in [-0.39, 0.29) is 32.0 Å². The molecule has 9 nitrogen and oxygen atoms in total. The third kappa shape index (κ3) is 52.6. The summed E-state index contributed by atoms with van der Waals surface area (Å²) in [5, 5.41) is 0. The van der Waals surface area contributed by atoms with Crippen LogP contribution in [0.4, 0.5) is 0 Å². The molecule has 0 aliphatic carbocycles. The molecule has 392 valence electrons. The Morgan fingerprint density at radius 1 is 0.471 bits per heavy atom. The average molecular weight is 973 g/mol. The van der Waals surface area contributed by atoms with Crippen molar-refractivity contribution in [3.8, 4) is 0 Å². The number of unbranched alkanes of at least 4 members (excludes halogenated alkanes) is 21. The van der Waals surface area contributed by atoms with Gasteiger partial charge in [-0.15, -0.1) is 0 Å². The van der Waals surface area contributed by atoms with Gasteiger partial charge in [-0.25, -0.2) is 4.57 Å². The molecule has 0 bridgehead atoms. The number of allylic oxidation sites excluding steroid dienone is 14. The number of rotatable bonds is 49. The summed E-state index contributed by atoms with van der Waals surface area (Å²) in [4.78, 5) is 35.6. The number of quaternary nitrogens is 1. The molecular weight excluding hydrogens is 870 g/mol. The molecule has 0 aromatic heterocycles. The molecule has 0 heterocycles. The highest BCUT2D eigenvalue weighted by Crippen LogP contribution is 2.43. The summed E-state index contributed by atoms with van der Waals surface area (Å²) in [5.41, 5.74) is 0. The fourth-order valence-corrected chi connectivity index (χ4v) is 7.94. The molecule has 0 saturated carbocycles. The first-order chi connectivity index (χ1) is 33.0. The van der Waals surface area contributed by atoms with Gasteiger partial charge in [0.05, 0.1) is 27.7 Å². The molecule has 0 aromatic carbocycles. The number of ether oxygens (including phenoxy) is 2. The molecule has 1 N–H and O–H groups in total. The molecule has 0 saturated heterocycles. The smallest absolute Gasteiger partial charge is 0.462 e. The van der Waals surface area contributed by atoms with Crippen LogP contribution in [0.3, 0.4) is 0 Å². The number of esters is 2. The van der Waals surface area contributed by atoms with Crippen LogP contribution in [-0.2, 0) is 32.7 Å². The number of carbonyl (C=O) groups is 2. The van der Waals surface area contributed by atoms with Crippen molar-refractivity contribution in [1.29, 1.82) is 0 Å². The van der Waals surface area contributed by atoms with Crippen molar-refractivity contribution in [2.45, 2.75) is 225 Å². The third-order valence-corrected chi connectivity index (χ3v) is 12.4. The molecule has 0 aliphatic rings. The van der Waals surface area contributed by atoms with E-state index < -0.39 is 26.5 Å². The molecular formula is C58H103NO8P+. The van der Waals surface area contributed by atoms with Crippen LogP contribution in [0.25, 0.3) is 0 Å². The van der Waals surface area contributed by atoms with E-state index in [4.69, 9.17) is 18.5 Å². The molecule has 0 aromatic rings. The SMILES string of the molecule is CC/C=C\C/C=C\C/C=C\C/C=C\C/C=C\CCCC(=O)OC(COC(=O)CCCCCCCCCCCCCCCCC/C=C\C/C=C\CCCCCCC)COP(=O)(O)OCC[N+](C)(C)C. The summed E-state index contributed by atoms with van der Waals surface area (Å²) in [6.07, 6.45) is 65.2. The minimum absolute atomic E-state index is 0.0176. The molecule has 0 amide bonds. The third-order valence-electron chi connectivity index (χ3n) is 11.4. The van der Waals surface area contributed by atoms with Gasteiger partial charge in [-0.1, -0.05) is 208 Å². The Hall–Kier alpha value is -2.81. The van der Waals surface area contributed by atoms with Gasteiger partial charge in [0.15, 0.2) is 6.10 Å². The van der Waals surface area contributed by atoms with E-state index in [1.54, 1.807) is 0 Å². The average Bonchev–Trinajstić information content (AvgIpc) is 3.30. The Kier molecular flexibility index (Phi) is 47.2. The number of phosphoric acid groups is 1. The lowest BCUT2D eigenvalue weighted by Crippen LogP contribution is -2.37. The van der Waals surface area contributed by atoms with Crippen LogP contribution in [0, 0.1) is 0 Å². The first kappa shape index (κ1) is 65.2. The summed E-state index contributed by atoms with van der Waals surface area (Å²) in [6, 6.07) is 0. The van der Waals surface area contributed by atoms with E-state index >= 15 is 0 Å². The summed E-state index contributed by atoms with van der Waals surface area (Å²) >= 11 is 0. The summed E-state index contributed by atoms with van der Waals surface area (Å²) < 4.78 is 34.4. The number of carbonyl (C=O) groups excluding carboxylic acids is 2. The van der Waals surface area contributed by atoms with Crippen molar-refractivity contribution in [2.75, 3.05) is 47.5 Å². The number of hydrogen-bond acceptors (Lipinski definition) is 7. The molecule has 2 atom stereocenters. The highest BCUT2D eigenvalue weighted by molar-refractivity contribution is 7.47. The molecule has 0 fully saturated rings. The van der Waals surface area contributed by atoms with Crippen LogP contribution in [-0.4, -0.2) is 74.9 Å². The van der Waals surface area contributed by atoms with Gasteiger partial charge in [-0.2, -0.15) is 0 Å². The van der Waals surface area contributed by atoms with Crippen molar-refractivity contribution in [1.82, 2.24) is 0 Å². The predicted octanol–water partition coefficient (Wildman–Crippen LogP) is 16.7. The monoisotopic (exact) mass is 973 g/mol. The minimum atomic E-state index is -4.40. The molecule has 0 radical (unpaired) electrons. The Labute approximate surface area is 418 Å². The maximum Gasteiger partial charge on any atom is 0.472 e. The van der Waals surface area contributed by atoms with Gasteiger partial charge in [0.2, 0.25) is 0 Å². The lowest BCUT2D eigenvalue weighted by molar-refractivity contribution is -0.870. The van der Waals surface area contributed by atoms with Crippen LogP contribution in [0.15, 0.2) is 85.1 Å². The quantitative estimate of drug-likeness (QED) is 0.0211. The van der Waals surface area contributed by atoms with E-state index in [1.807, 2.05) is 27.2 Å². The van der Waals surface area contributed by atoms with E-state index in [9.17, 15) is 19.0 Å². The second-order valence-corrected chi connectivity index (χ2v) is 20.7. The van der Waals surface area contributed by atoms with Crippen molar-refractivity contribution in [2.24, 2.45) is 0 Å². The first-order valence-electron chi connectivity index (χ1n) is 27.3. The molecule has 0 aliphatic heterocycles. The minimum Gasteiger partial charge on any atom is -0.462 e. The van der Waals surface area contributed by atoms with Gasteiger partial charge in [0, 0.05) is 12.8 Å². The van der Waals surface area contributed by atoms with Crippen LogP contribution in [0.1, 0.15) is 219 Å². The second kappa shape index (κ2) is 49.2. The van der Waals surface area contributed by atoms with Gasteiger partial charge >= 0.3 is 19.8 Å². The predicted molar refractivity (Wildman–Crippen MR) is 289 cm³/mol. The number of nitrogens with zero attached hydrogens (tertiary/aromatic N) is 1. The largest absolute Gasteiger partial charge is 0.472 e. The van der Waals surface area contributed by atoms with Crippen molar-refractivity contribution in [3.05, 3.63) is 85.1 Å². The van der Waals surface area contributed by atoms with E-state index in [0.29, 0.717) is 23.9 Å². The zero-order valence-electron chi connectivity index (χ0n) is 44.3. The molecule has 10 heteroatoms. The van der Waals surface area contributed by atoms with E-state index in [2.05, 4.69) is 92.8 Å². The molecule has 2 unspecified atom stereocenters. The molecule has 68 heavy (non-hydrogen) atoms. The van der Waals surface area contributed by atoms with Crippen LogP contribution < -0.4 is 0 Å².